The summed E-state index contributed by atoms with van der Waals surface area (Å²) >= 11 is 7.81. The van der Waals surface area contributed by atoms with Gasteiger partial charge in [-0.1, -0.05) is 39.3 Å². The Hall–Kier alpha value is -0.280. The highest BCUT2D eigenvalue weighted by molar-refractivity contribution is 7.99. The van der Waals surface area contributed by atoms with Crippen molar-refractivity contribution in [3.8, 4) is 0 Å². The molecule has 0 bridgehead atoms. The number of nitrogens with zero attached hydrogens (tertiary/aromatic N) is 2. The molecule has 0 fully saturated rings. The molecule has 15 heavy (non-hydrogen) atoms. The summed E-state index contributed by atoms with van der Waals surface area (Å²) in [6.45, 7) is 10.3. The summed E-state index contributed by atoms with van der Waals surface area (Å²) in [6.07, 6.45) is 0. The van der Waals surface area contributed by atoms with Crippen LogP contribution in [0.4, 0.5) is 0 Å². The van der Waals surface area contributed by atoms with Gasteiger partial charge in [-0.05, 0) is 12.7 Å². The number of hydrogen-bond donors (Lipinski definition) is 0. The third kappa shape index (κ3) is 3.08. The van der Waals surface area contributed by atoms with E-state index in [-0.39, 0.29) is 5.41 Å². The van der Waals surface area contributed by atoms with Crippen molar-refractivity contribution in [2.24, 2.45) is 0 Å². The average Bonchev–Trinajstić information content (AvgIpc) is 2.11. The summed E-state index contributed by atoms with van der Waals surface area (Å²) in [5.41, 5.74) is 0.928. The smallest absolute Gasteiger partial charge is 0.136 e. The summed E-state index contributed by atoms with van der Waals surface area (Å²) in [6, 6.07) is 0. The standard InChI is InChI=1S/C11H17ClN2S/c1-6-15-9-7(2)8(12)13-10(14-9)11(3,4)5/h6H2,1-5H3. The van der Waals surface area contributed by atoms with E-state index in [0.29, 0.717) is 5.15 Å². The van der Waals surface area contributed by atoms with Gasteiger partial charge in [-0.25, -0.2) is 9.97 Å². The Balaban J connectivity index is 3.23. The van der Waals surface area contributed by atoms with Crippen LogP contribution in [0.15, 0.2) is 5.03 Å². The Morgan fingerprint density at radius 1 is 1.27 bits per heavy atom. The van der Waals surface area contributed by atoms with Crippen molar-refractivity contribution in [3.63, 3.8) is 0 Å². The largest absolute Gasteiger partial charge is 0.226 e. The molecule has 0 unspecified atom stereocenters. The molecule has 1 aromatic heterocycles. The van der Waals surface area contributed by atoms with Gasteiger partial charge in [-0.3, -0.25) is 0 Å². The Kier molecular flexibility index (Phi) is 4.01. The van der Waals surface area contributed by atoms with Crippen molar-refractivity contribution in [1.82, 2.24) is 9.97 Å². The molecule has 0 aliphatic carbocycles. The fourth-order valence-corrected chi connectivity index (χ4v) is 2.05. The first-order valence-electron chi connectivity index (χ1n) is 5.03. The molecule has 0 aromatic carbocycles. The number of rotatable bonds is 2. The Labute approximate surface area is 101 Å². The van der Waals surface area contributed by atoms with Crippen molar-refractivity contribution in [2.75, 3.05) is 5.75 Å². The van der Waals surface area contributed by atoms with Crippen LogP contribution in [0.3, 0.4) is 0 Å². The number of aromatic nitrogens is 2. The molecule has 0 amide bonds. The van der Waals surface area contributed by atoms with Crippen LogP contribution in [-0.2, 0) is 5.41 Å². The molecule has 4 heteroatoms. The van der Waals surface area contributed by atoms with Gasteiger partial charge in [-0.2, -0.15) is 0 Å². The van der Waals surface area contributed by atoms with Gasteiger partial charge in [0.1, 0.15) is 16.0 Å². The molecule has 1 rings (SSSR count). The minimum atomic E-state index is -0.0552. The second-order valence-corrected chi connectivity index (χ2v) is 6.06. The highest BCUT2D eigenvalue weighted by Gasteiger charge is 2.20. The van der Waals surface area contributed by atoms with E-state index >= 15 is 0 Å². The van der Waals surface area contributed by atoms with Crippen LogP contribution in [0, 0.1) is 6.92 Å². The van der Waals surface area contributed by atoms with Gasteiger partial charge in [0.2, 0.25) is 0 Å². The lowest BCUT2D eigenvalue weighted by atomic mass is 9.96. The molecule has 0 atom stereocenters. The molecule has 0 aliphatic heterocycles. The molecular weight excluding hydrogens is 228 g/mol. The average molecular weight is 245 g/mol. The van der Waals surface area contributed by atoms with Gasteiger partial charge in [0, 0.05) is 11.0 Å². The molecule has 1 aromatic rings. The van der Waals surface area contributed by atoms with Gasteiger partial charge >= 0.3 is 0 Å². The summed E-state index contributed by atoms with van der Waals surface area (Å²) in [7, 11) is 0. The molecule has 0 saturated carbocycles. The van der Waals surface area contributed by atoms with Crippen LogP contribution in [-0.4, -0.2) is 15.7 Å². The van der Waals surface area contributed by atoms with Crippen molar-refractivity contribution < 1.29 is 0 Å². The van der Waals surface area contributed by atoms with Gasteiger partial charge in [0.05, 0.1) is 0 Å². The third-order valence-electron chi connectivity index (χ3n) is 1.99. The van der Waals surface area contributed by atoms with E-state index in [9.17, 15) is 0 Å². The monoisotopic (exact) mass is 244 g/mol. The van der Waals surface area contributed by atoms with Crippen LogP contribution in [0.1, 0.15) is 39.1 Å². The quantitative estimate of drug-likeness (QED) is 0.584. The summed E-state index contributed by atoms with van der Waals surface area (Å²) in [5.74, 6) is 1.81. The molecule has 0 saturated heterocycles. The highest BCUT2D eigenvalue weighted by Crippen LogP contribution is 2.28. The minimum Gasteiger partial charge on any atom is -0.226 e. The summed E-state index contributed by atoms with van der Waals surface area (Å²) < 4.78 is 0. The Morgan fingerprint density at radius 2 is 1.87 bits per heavy atom. The normalized spacial score (nSPS) is 11.9. The van der Waals surface area contributed by atoms with Gasteiger partial charge in [0.15, 0.2) is 0 Å². The van der Waals surface area contributed by atoms with Gasteiger partial charge < -0.3 is 0 Å². The Morgan fingerprint density at radius 3 is 2.33 bits per heavy atom. The van der Waals surface area contributed by atoms with Crippen LogP contribution >= 0.6 is 23.4 Å². The summed E-state index contributed by atoms with van der Waals surface area (Å²) in [5, 5.41) is 1.58. The van der Waals surface area contributed by atoms with Crippen molar-refractivity contribution in [3.05, 3.63) is 16.5 Å². The van der Waals surface area contributed by atoms with Crippen molar-refractivity contribution in [1.29, 1.82) is 0 Å². The number of thioether (sulfide) groups is 1. The molecule has 0 aliphatic rings. The zero-order chi connectivity index (χ0) is 11.6. The predicted octanol–water partition coefficient (Wildman–Crippen LogP) is 3.85. The van der Waals surface area contributed by atoms with Crippen molar-refractivity contribution in [2.45, 2.75) is 45.1 Å². The Bertz CT molecular complexity index is 358. The van der Waals surface area contributed by atoms with Gasteiger partial charge in [0.25, 0.3) is 0 Å². The van der Waals surface area contributed by atoms with E-state index in [1.54, 1.807) is 11.8 Å². The van der Waals surface area contributed by atoms with Crippen LogP contribution in [0.2, 0.25) is 5.15 Å². The lowest BCUT2D eigenvalue weighted by molar-refractivity contribution is 0.537. The fourth-order valence-electron chi connectivity index (χ4n) is 1.08. The second kappa shape index (κ2) is 4.71. The molecule has 84 valence electrons. The van der Waals surface area contributed by atoms with Crippen LogP contribution in [0.5, 0.6) is 0 Å². The summed E-state index contributed by atoms with van der Waals surface area (Å²) in [4.78, 5) is 8.89. The number of hydrogen-bond acceptors (Lipinski definition) is 3. The van der Waals surface area contributed by atoms with Gasteiger partial charge in [-0.15, -0.1) is 11.8 Å². The van der Waals surface area contributed by atoms with E-state index < -0.39 is 0 Å². The zero-order valence-corrected chi connectivity index (χ0v) is 11.5. The molecule has 0 N–H and O–H groups in total. The van der Waals surface area contributed by atoms with E-state index in [1.165, 1.54) is 0 Å². The SMILES string of the molecule is CCSc1nc(C(C)(C)C)nc(Cl)c1C. The first-order valence-corrected chi connectivity index (χ1v) is 6.40. The van der Waals surface area contributed by atoms with E-state index in [2.05, 4.69) is 37.7 Å². The van der Waals surface area contributed by atoms with Crippen LogP contribution in [0.25, 0.3) is 0 Å². The number of halogens is 1. The van der Waals surface area contributed by atoms with E-state index in [4.69, 9.17) is 11.6 Å². The van der Waals surface area contributed by atoms with E-state index in [1.807, 2.05) is 6.92 Å². The zero-order valence-electron chi connectivity index (χ0n) is 9.89. The fraction of sp³-hybridized carbons (Fsp3) is 0.636. The first-order chi connectivity index (χ1) is 6.86. The minimum absolute atomic E-state index is 0.0552. The predicted molar refractivity (Wildman–Crippen MR) is 66.9 cm³/mol. The molecular formula is C11H17ClN2S. The maximum Gasteiger partial charge on any atom is 0.136 e. The molecule has 0 spiro atoms. The maximum atomic E-state index is 6.10. The molecule has 0 radical (unpaired) electrons. The third-order valence-corrected chi connectivity index (χ3v) is 3.32. The topological polar surface area (TPSA) is 25.8 Å². The highest BCUT2D eigenvalue weighted by atomic mass is 35.5. The van der Waals surface area contributed by atoms with Crippen LogP contribution < -0.4 is 0 Å². The van der Waals surface area contributed by atoms with Crippen molar-refractivity contribution >= 4 is 23.4 Å². The maximum absolute atomic E-state index is 6.10. The lowest BCUT2D eigenvalue weighted by Crippen LogP contribution is -2.17. The van der Waals surface area contributed by atoms with E-state index in [0.717, 1.165) is 22.2 Å². The molecule has 2 nitrogen and oxygen atoms in total. The first kappa shape index (κ1) is 12.8. The molecule has 1 heterocycles. The second-order valence-electron chi connectivity index (χ2n) is 4.45. The lowest BCUT2D eigenvalue weighted by Gasteiger charge is -2.18.